The molecule has 0 amide bonds. The van der Waals surface area contributed by atoms with Gasteiger partial charge in [-0.3, -0.25) is 9.59 Å². The Labute approximate surface area is 137 Å². The van der Waals surface area contributed by atoms with E-state index in [2.05, 4.69) is 4.98 Å². The van der Waals surface area contributed by atoms with E-state index in [0.717, 1.165) is 5.56 Å². The van der Waals surface area contributed by atoms with E-state index >= 15 is 0 Å². The van der Waals surface area contributed by atoms with Gasteiger partial charge in [0.1, 0.15) is 5.69 Å². The molecule has 0 saturated heterocycles. The van der Waals surface area contributed by atoms with Crippen LogP contribution in [-0.4, -0.2) is 25.8 Å². The average Bonchev–Trinajstić information content (AvgIpc) is 2.63. The lowest BCUT2D eigenvalue weighted by molar-refractivity contribution is 0.100. The topological polar surface area (TPSA) is 92.4 Å². The molecule has 2 N–H and O–H groups in total. The quantitative estimate of drug-likeness (QED) is 0.566. The number of aromatic nitrogens is 2. The third-order valence-electron chi connectivity index (χ3n) is 3.56. The molecule has 0 aliphatic rings. The molecule has 0 aliphatic carbocycles. The molecule has 0 fully saturated rings. The number of aromatic hydroxyl groups is 1. The molecule has 24 heavy (non-hydrogen) atoms. The van der Waals surface area contributed by atoms with Crippen LogP contribution in [0.15, 0.2) is 65.5 Å². The normalized spacial score (nSPS) is 10.5. The molecule has 0 bridgehead atoms. The molecule has 1 aromatic heterocycles. The molecule has 0 aliphatic heterocycles. The Balaban J connectivity index is 2.08. The highest BCUT2D eigenvalue weighted by atomic mass is 16.5. The van der Waals surface area contributed by atoms with Crippen LogP contribution in [-0.2, 0) is 6.42 Å². The van der Waals surface area contributed by atoms with Crippen LogP contribution in [0.3, 0.4) is 0 Å². The summed E-state index contributed by atoms with van der Waals surface area (Å²) in [7, 11) is 0. The van der Waals surface area contributed by atoms with Gasteiger partial charge in [0.05, 0.1) is 0 Å². The predicted octanol–water partition coefficient (Wildman–Crippen LogP) is 2.01. The van der Waals surface area contributed by atoms with E-state index in [1.807, 2.05) is 18.2 Å². The third-order valence-corrected chi connectivity index (χ3v) is 3.56. The van der Waals surface area contributed by atoms with E-state index in [1.165, 1.54) is 0 Å². The van der Waals surface area contributed by atoms with Crippen molar-refractivity contribution in [1.82, 2.24) is 9.71 Å². The summed E-state index contributed by atoms with van der Waals surface area (Å²) in [6.07, 6.45) is 0.135. The molecule has 120 valence electrons. The summed E-state index contributed by atoms with van der Waals surface area (Å²) in [4.78, 5) is 28.6. The molecule has 2 aromatic carbocycles. The van der Waals surface area contributed by atoms with E-state index in [1.54, 1.807) is 42.5 Å². The molecular weight excluding hydrogens is 308 g/mol. The van der Waals surface area contributed by atoms with Crippen LogP contribution < -0.4 is 5.56 Å². The molecule has 0 atom stereocenters. The zero-order chi connectivity index (χ0) is 17.1. The lowest BCUT2D eigenvalue weighted by atomic mass is 10.1. The van der Waals surface area contributed by atoms with Gasteiger partial charge in [-0.2, -0.15) is 0 Å². The van der Waals surface area contributed by atoms with Crippen LogP contribution >= 0.6 is 0 Å². The highest BCUT2D eigenvalue weighted by Gasteiger charge is 2.22. The Kier molecular flexibility index (Phi) is 4.11. The van der Waals surface area contributed by atoms with Gasteiger partial charge in [-0.05, 0) is 5.56 Å². The van der Waals surface area contributed by atoms with Gasteiger partial charge in [-0.15, -0.1) is 4.73 Å². The van der Waals surface area contributed by atoms with E-state index in [0.29, 0.717) is 5.56 Å². The Morgan fingerprint density at radius 3 is 2.21 bits per heavy atom. The fourth-order valence-corrected chi connectivity index (χ4v) is 2.33. The van der Waals surface area contributed by atoms with Crippen molar-refractivity contribution < 1.29 is 15.1 Å². The number of ketones is 1. The maximum atomic E-state index is 12.5. The lowest BCUT2D eigenvalue weighted by Gasteiger charge is -2.09. The summed E-state index contributed by atoms with van der Waals surface area (Å²) in [6.45, 7) is 0. The van der Waals surface area contributed by atoms with Gasteiger partial charge >= 0.3 is 5.56 Å². The molecule has 6 nitrogen and oxygen atoms in total. The summed E-state index contributed by atoms with van der Waals surface area (Å²) in [5.74, 6) is -1.45. The molecule has 0 radical (unpaired) electrons. The summed E-state index contributed by atoms with van der Waals surface area (Å²) in [5, 5.41) is 19.7. The minimum absolute atomic E-state index is 0.0271. The van der Waals surface area contributed by atoms with Crippen molar-refractivity contribution >= 4 is 5.78 Å². The first-order chi connectivity index (χ1) is 11.6. The fraction of sp³-hybridized carbons (Fsp3) is 0.0556. The highest BCUT2D eigenvalue weighted by molar-refractivity contribution is 6.09. The van der Waals surface area contributed by atoms with Gasteiger partial charge in [0.25, 0.3) is 5.88 Å². The maximum Gasteiger partial charge on any atom is 0.308 e. The van der Waals surface area contributed by atoms with Crippen LogP contribution in [0.2, 0.25) is 0 Å². The Hall–Kier alpha value is -3.41. The predicted molar refractivity (Wildman–Crippen MR) is 86.5 cm³/mol. The van der Waals surface area contributed by atoms with Crippen LogP contribution in [0.4, 0.5) is 0 Å². The molecule has 3 rings (SSSR count). The van der Waals surface area contributed by atoms with Gasteiger partial charge in [-0.25, -0.2) is 4.98 Å². The van der Waals surface area contributed by atoms with Crippen LogP contribution in [0.1, 0.15) is 27.3 Å². The standard InChI is InChI=1S/C18H14N2O4/c21-16(13-9-5-2-6-10-13)15-18(23)20(24)17(22)14(19-15)11-12-7-3-1-4-8-12/h1-10,23-24H,11H2. The van der Waals surface area contributed by atoms with Gasteiger partial charge in [0, 0.05) is 12.0 Å². The SMILES string of the molecule is O=C(c1ccccc1)c1nc(Cc2ccccc2)c(=O)n(O)c1O. The van der Waals surface area contributed by atoms with Crippen LogP contribution in [0, 0.1) is 0 Å². The Morgan fingerprint density at radius 1 is 1.00 bits per heavy atom. The fourth-order valence-electron chi connectivity index (χ4n) is 2.33. The number of benzene rings is 2. The van der Waals surface area contributed by atoms with Crippen molar-refractivity contribution in [2.75, 3.05) is 0 Å². The second-order valence-corrected chi connectivity index (χ2v) is 5.21. The molecule has 0 unspecified atom stereocenters. The van der Waals surface area contributed by atoms with Gasteiger partial charge in [0.15, 0.2) is 5.69 Å². The zero-order valence-corrected chi connectivity index (χ0v) is 12.6. The van der Waals surface area contributed by atoms with Crippen molar-refractivity contribution in [3.05, 3.63) is 93.5 Å². The van der Waals surface area contributed by atoms with E-state index in [-0.39, 0.29) is 22.5 Å². The summed E-state index contributed by atoms with van der Waals surface area (Å²) >= 11 is 0. The molecular formula is C18H14N2O4. The molecule has 3 aromatic rings. The van der Waals surface area contributed by atoms with Gasteiger partial charge < -0.3 is 10.3 Å². The van der Waals surface area contributed by atoms with Crippen LogP contribution in [0.25, 0.3) is 0 Å². The van der Waals surface area contributed by atoms with Gasteiger partial charge in [0.2, 0.25) is 5.78 Å². The monoisotopic (exact) mass is 322 g/mol. The molecule has 0 saturated carbocycles. The zero-order valence-electron chi connectivity index (χ0n) is 12.6. The number of carbonyl (C=O) groups is 1. The van der Waals surface area contributed by atoms with Crippen molar-refractivity contribution in [1.29, 1.82) is 0 Å². The Bertz CT molecular complexity index is 934. The van der Waals surface area contributed by atoms with Crippen molar-refractivity contribution in [3.8, 4) is 5.88 Å². The van der Waals surface area contributed by atoms with Crippen molar-refractivity contribution in [3.63, 3.8) is 0 Å². The van der Waals surface area contributed by atoms with Crippen molar-refractivity contribution in [2.24, 2.45) is 0 Å². The summed E-state index contributed by atoms with van der Waals surface area (Å²) < 4.78 is 0.0570. The van der Waals surface area contributed by atoms with E-state index in [4.69, 9.17) is 0 Å². The minimum Gasteiger partial charge on any atom is -0.491 e. The number of rotatable bonds is 4. The summed E-state index contributed by atoms with van der Waals surface area (Å²) in [6, 6.07) is 17.3. The minimum atomic E-state index is -0.870. The lowest BCUT2D eigenvalue weighted by Crippen LogP contribution is -2.26. The highest BCUT2D eigenvalue weighted by Crippen LogP contribution is 2.17. The smallest absolute Gasteiger partial charge is 0.308 e. The first-order valence-electron chi connectivity index (χ1n) is 7.25. The number of hydrogen-bond acceptors (Lipinski definition) is 5. The molecule has 0 spiro atoms. The maximum absolute atomic E-state index is 12.5. The average molecular weight is 322 g/mol. The third kappa shape index (κ3) is 2.89. The van der Waals surface area contributed by atoms with E-state index < -0.39 is 17.2 Å². The number of nitrogens with zero attached hydrogens (tertiary/aromatic N) is 2. The van der Waals surface area contributed by atoms with E-state index in [9.17, 15) is 19.9 Å². The molecule has 1 heterocycles. The largest absolute Gasteiger partial charge is 0.491 e. The second-order valence-electron chi connectivity index (χ2n) is 5.21. The number of carbonyl (C=O) groups excluding carboxylic acids is 1. The molecule has 6 heteroatoms. The van der Waals surface area contributed by atoms with Crippen molar-refractivity contribution in [2.45, 2.75) is 6.42 Å². The second kappa shape index (κ2) is 6.37. The first kappa shape index (κ1) is 15.5. The van der Waals surface area contributed by atoms with Gasteiger partial charge in [-0.1, -0.05) is 60.7 Å². The number of hydrogen-bond donors (Lipinski definition) is 2. The Morgan fingerprint density at radius 2 is 1.58 bits per heavy atom. The summed E-state index contributed by atoms with van der Waals surface area (Å²) in [5.41, 5.74) is -0.161. The van der Waals surface area contributed by atoms with Crippen LogP contribution in [0.5, 0.6) is 5.88 Å². The first-order valence-corrected chi connectivity index (χ1v) is 7.25.